The first-order valence-electron chi connectivity index (χ1n) is 28.7. The Kier molecular flexibility index (Phi) is 49.6. The average molecular weight is 906 g/mol. The molecule has 0 aromatic heterocycles. The van der Waals surface area contributed by atoms with Crippen LogP contribution in [-0.2, 0) is 28.6 Å². The van der Waals surface area contributed by atoms with Gasteiger partial charge in [0.05, 0.1) is 0 Å². The maximum atomic E-state index is 12.8. The minimum Gasteiger partial charge on any atom is -0.462 e. The second kappa shape index (κ2) is 50.8. The van der Waals surface area contributed by atoms with Crippen molar-refractivity contribution in [2.75, 3.05) is 13.2 Å². The molecule has 0 aliphatic heterocycles. The fraction of sp³-hybridized carbons (Fsp3) is 0.948. The smallest absolute Gasteiger partial charge is 0.306 e. The van der Waals surface area contributed by atoms with E-state index < -0.39 is 6.10 Å². The van der Waals surface area contributed by atoms with E-state index in [1.54, 1.807) is 0 Å². The molecule has 1 atom stereocenters. The van der Waals surface area contributed by atoms with Crippen molar-refractivity contribution in [1.82, 2.24) is 0 Å². The summed E-state index contributed by atoms with van der Waals surface area (Å²) in [5.74, 6) is 0.860. The Bertz CT molecular complexity index is 978. The van der Waals surface area contributed by atoms with E-state index in [4.69, 9.17) is 14.2 Å². The third kappa shape index (κ3) is 51.4. The number of hydrogen-bond acceptors (Lipinski definition) is 6. The Balaban J connectivity index is 4.12. The van der Waals surface area contributed by atoms with Gasteiger partial charge in [-0.25, -0.2) is 0 Å². The van der Waals surface area contributed by atoms with Gasteiger partial charge in [-0.15, -0.1) is 0 Å². The van der Waals surface area contributed by atoms with Crippen molar-refractivity contribution in [3.8, 4) is 0 Å². The maximum absolute atomic E-state index is 12.8. The van der Waals surface area contributed by atoms with Crippen molar-refractivity contribution < 1.29 is 28.6 Å². The molecule has 0 radical (unpaired) electrons. The predicted molar refractivity (Wildman–Crippen MR) is 275 cm³/mol. The summed E-state index contributed by atoms with van der Waals surface area (Å²) in [5.41, 5.74) is 0. The number of rotatable bonds is 52. The molecule has 0 saturated carbocycles. The third-order valence-corrected chi connectivity index (χ3v) is 13.2. The Morgan fingerprint density at radius 1 is 0.297 bits per heavy atom. The maximum Gasteiger partial charge on any atom is 0.306 e. The van der Waals surface area contributed by atoms with Crippen LogP contribution in [0.15, 0.2) is 0 Å². The van der Waals surface area contributed by atoms with Gasteiger partial charge in [0, 0.05) is 19.3 Å². The second-order valence-electron chi connectivity index (χ2n) is 20.9. The normalized spacial score (nSPS) is 12.0. The molecule has 380 valence electrons. The van der Waals surface area contributed by atoms with Crippen LogP contribution in [0.4, 0.5) is 0 Å². The van der Waals surface area contributed by atoms with E-state index in [1.807, 2.05) is 0 Å². The van der Waals surface area contributed by atoms with E-state index in [-0.39, 0.29) is 31.1 Å². The minimum absolute atomic E-state index is 0.0631. The van der Waals surface area contributed by atoms with Gasteiger partial charge in [-0.2, -0.15) is 0 Å². The highest BCUT2D eigenvalue weighted by Crippen LogP contribution is 2.18. The van der Waals surface area contributed by atoms with Crippen LogP contribution in [0.3, 0.4) is 0 Å². The molecule has 0 heterocycles. The molecule has 0 aromatic carbocycles. The molecule has 6 heteroatoms. The monoisotopic (exact) mass is 905 g/mol. The molecule has 6 nitrogen and oxygen atoms in total. The molecule has 0 aromatic rings. The Morgan fingerprint density at radius 2 is 0.516 bits per heavy atom. The van der Waals surface area contributed by atoms with Crippen molar-refractivity contribution in [3.63, 3.8) is 0 Å². The summed E-state index contributed by atoms with van der Waals surface area (Å²) < 4.78 is 16.8. The minimum atomic E-state index is -0.761. The zero-order valence-corrected chi connectivity index (χ0v) is 43.9. The van der Waals surface area contributed by atoms with E-state index in [0.29, 0.717) is 19.3 Å². The standard InChI is InChI=1S/C58H112O6/c1-6-7-8-9-31-38-43-48-56(59)62-51-55(64-58(61)50-45-40-35-30-26-22-18-14-16-20-24-28-33-37-42-47-54(4)5)52-63-57(60)49-44-39-34-29-25-21-17-13-11-10-12-15-19-23-27-32-36-41-46-53(2)3/h53-55H,6-52H2,1-5H3/t55-/m1/s1. The molecule has 0 spiro atoms. The highest BCUT2D eigenvalue weighted by Gasteiger charge is 2.19. The van der Waals surface area contributed by atoms with Crippen LogP contribution >= 0.6 is 0 Å². The topological polar surface area (TPSA) is 78.9 Å². The van der Waals surface area contributed by atoms with Gasteiger partial charge in [0.2, 0.25) is 0 Å². The summed E-state index contributed by atoms with van der Waals surface area (Å²) in [4.78, 5) is 37.9. The second-order valence-corrected chi connectivity index (χ2v) is 20.9. The molecule has 0 rings (SSSR count). The van der Waals surface area contributed by atoms with Crippen molar-refractivity contribution in [3.05, 3.63) is 0 Å². The molecule has 64 heavy (non-hydrogen) atoms. The first-order chi connectivity index (χ1) is 31.2. The number of esters is 3. The lowest BCUT2D eigenvalue weighted by atomic mass is 10.0. The van der Waals surface area contributed by atoms with Crippen molar-refractivity contribution in [2.24, 2.45) is 11.8 Å². The van der Waals surface area contributed by atoms with Gasteiger partial charge >= 0.3 is 17.9 Å². The Hall–Kier alpha value is -1.59. The zero-order valence-electron chi connectivity index (χ0n) is 43.9. The van der Waals surface area contributed by atoms with Crippen LogP contribution < -0.4 is 0 Å². The fourth-order valence-electron chi connectivity index (χ4n) is 8.87. The molecule has 0 amide bonds. The van der Waals surface area contributed by atoms with E-state index in [2.05, 4.69) is 34.6 Å². The van der Waals surface area contributed by atoms with Crippen molar-refractivity contribution in [1.29, 1.82) is 0 Å². The Labute approximate surface area is 399 Å². The van der Waals surface area contributed by atoms with Gasteiger partial charge in [0.1, 0.15) is 13.2 Å². The van der Waals surface area contributed by atoms with Gasteiger partial charge in [0.25, 0.3) is 0 Å². The number of ether oxygens (including phenoxy) is 3. The van der Waals surface area contributed by atoms with E-state index in [1.165, 1.54) is 212 Å². The molecule has 0 saturated heterocycles. The van der Waals surface area contributed by atoms with Gasteiger partial charge in [0.15, 0.2) is 6.10 Å². The van der Waals surface area contributed by atoms with E-state index in [9.17, 15) is 14.4 Å². The van der Waals surface area contributed by atoms with Gasteiger partial charge in [-0.1, -0.05) is 285 Å². The summed E-state index contributed by atoms with van der Waals surface area (Å²) in [6, 6.07) is 0. The molecule has 0 aliphatic rings. The highest BCUT2D eigenvalue weighted by atomic mass is 16.6. The van der Waals surface area contributed by atoms with Crippen LogP contribution in [0.5, 0.6) is 0 Å². The van der Waals surface area contributed by atoms with Gasteiger partial charge < -0.3 is 14.2 Å². The lowest BCUT2D eigenvalue weighted by molar-refractivity contribution is -0.167. The van der Waals surface area contributed by atoms with Crippen LogP contribution in [0.1, 0.15) is 324 Å². The quantitative estimate of drug-likeness (QED) is 0.0344. The number of carbonyl (C=O) groups is 3. The van der Waals surface area contributed by atoms with Gasteiger partial charge in [-0.05, 0) is 31.1 Å². The van der Waals surface area contributed by atoms with Crippen LogP contribution in [0.2, 0.25) is 0 Å². The summed E-state index contributed by atoms with van der Waals surface area (Å²) in [6.07, 6.45) is 54.0. The Morgan fingerprint density at radius 3 is 0.766 bits per heavy atom. The van der Waals surface area contributed by atoms with E-state index >= 15 is 0 Å². The average Bonchev–Trinajstić information content (AvgIpc) is 3.27. The first kappa shape index (κ1) is 62.4. The van der Waals surface area contributed by atoms with Crippen molar-refractivity contribution >= 4 is 17.9 Å². The molecule has 0 aliphatic carbocycles. The lowest BCUT2D eigenvalue weighted by Gasteiger charge is -2.18. The lowest BCUT2D eigenvalue weighted by Crippen LogP contribution is -2.30. The summed E-state index contributed by atoms with van der Waals surface area (Å²) in [5, 5.41) is 0. The largest absolute Gasteiger partial charge is 0.462 e. The molecule has 0 bridgehead atoms. The zero-order chi connectivity index (χ0) is 46.8. The number of carbonyl (C=O) groups excluding carboxylic acids is 3. The summed E-state index contributed by atoms with van der Waals surface area (Å²) >= 11 is 0. The van der Waals surface area contributed by atoms with Crippen LogP contribution in [0.25, 0.3) is 0 Å². The van der Waals surface area contributed by atoms with Crippen LogP contribution in [0, 0.1) is 11.8 Å². The molecule has 0 N–H and O–H groups in total. The molecule has 0 unspecified atom stereocenters. The number of hydrogen-bond donors (Lipinski definition) is 0. The summed E-state index contributed by atoms with van der Waals surface area (Å²) in [6.45, 7) is 11.4. The molecular weight excluding hydrogens is 793 g/mol. The summed E-state index contributed by atoms with van der Waals surface area (Å²) in [7, 11) is 0. The molecule has 0 fully saturated rings. The number of unbranched alkanes of at least 4 members (excludes halogenated alkanes) is 37. The van der Waals surface area contributed by atoms with E-state index in [0.717, 1.165) is 69.6 Å². The fourth-order valence-corrected chi connectivity index (χ4v) is 8.87. The van der Waals surface area contributed by atoms with Gasteiger partial charge in [-0.3, -0.25) is 14.4 Å². The highest BCUT2D eigenvalue weighted by molar-refractivity contribution is 5.71. The van der Waals surface area contributed by atoms with Crippen LogP contribution in [-0.4, -0.2) is 37.2 Å². The third-order valence-electron chi connectivity index (χ3n) is 13.2. The van der Waals surface area contributed by atoms with Crippen molar-refractivity contribution in [2.45, 2.75) is 330 Å². The first-order valence-corrected chi connectivity index (χ1v) is 28.7. The molecular formula is C58H112O6. The predicted octanol–water partition coefficient (Wildman–Crippen LogP) is 18.9. The SMILES string of the molecule is CCCCCCCCCC(=O)OC[C@H](COC(=O)CCCCCCCCCCCCCCCCCCCCC(C)C)OC(=O)CCCCCCCCCCCCCCCCCC(C)C.